The molecule has 2 rings (SSSR count). The Balaban J connectivity index is 1.79. The van der Waals surface area contributed by atoms with Crippen LogP contribution in [0.4, 0.5) is 5.69 Å². The predicted octanol–water partition coefficient (Wildman–Crippen LogP) is 3.78. The SMILES string of the molecule is CCOc1ccc(NC(=O)CSc2nnc(SCC)s2)cc1. The molecule has 1 aromatic carbocycles. The molecular formula is C14H17N3O2S3. The van der Waals surface area contributed by atoms with Crippen molar-refractivity contribution in [1.82, 2.24) is 10.2 Å². The Labute approximate surface area is 142 Å². The van der Waals surface area contributed by atoms with Crippen LogP contribution in [-0.2, 0) is 4.79 Å². The fourth-order valence-electron chi connectivity index (χ4n) is 1.56. The summed E-state index contributed by atoms with van der Waals surface area (Å²) in [4.78, 5) is 11.9. The molecule has 0 aliphatic carbocycles. The van der Waals surface area contributed by atoms with E-state index in [2.05, 4.69) is 22.4 Å². The molecule has 5 nitrogen and oxygen atoms in total. The third kappa shape index (κ3) is 5.51. The van der Waals surface area contributed by atoms with Gasteiger partial charge in [0.2, 0.25) is 5.91 Å². The average molecular weight is 356 g/mol. The quantitative estimate of drug-likeness (QED) is 0.727. The van der Waals surface area contributed by atoms with Crippen molar-refractivity contribution in [3.63, 3.8) is 0 Å². The van der Waals surface area contributed by atoms with Gasteiger partial charge in [0, 0.05) is 5.69 Å². The van der Waals surface area contributed by atoms with E-state index in [1.54, 1.807) is 11.8 Å². The Hall–Kier alpha value is -1.25. The molecule has 22 heavy (non-hydrogen) atoms. The van der Waals surface area contributed by atoms with Gasteiger partial charge in [0.1, 0.15) is 5.75 Å². The smallest absolute Gasteiger partial charge is 0.234 e. The Bertz CT molecular complexity index is 602. The maximum atomic E-state index is 11.9. The Kier molecular flexibility index (Phi) is 7.01. The molecule has 0 spiro atoms. The van der Waals surface area contributed by atoms with Crippen LogP contribution in [-0.4, -0.2) is 34.2 Å². The summed E-state index contributed by atoms with van der Waals surface area (Å²) < 4.78 is 7.12. The standard InChI is InChI=1S/C14H17N3O2S3/c1-3-19-11-7-5-10(6-8-11)15-12(18)9-21-14-17-16-13(22-14)20-4-2/h5-8H,3-4,9H2,1-2H3,(H,15,18). The molecule has 1 N–H and O–H groups in total. The molecule has 0 radical (unpaired) electrons. The molecule has 0 saturated carbocycles. The number of rotatable bonds is 8. The second-order valence-corrected chi connectivity index (χ2v) is 7.77. The lowest BCUT2D eigenvalue weighted by atomic mass is 10.3. The van der Waals surface area contributed by atoms with Crippen molar-refractivity contribution in [3.8, 4) is 5.75 Å². The molecule has 1 amide bonds. The van der Waals surface area contributed by atoms with Crippen molar-refractivity contribution in [3.05, 3.63) is 24.3 Å². The summed E-state index contributed by atoms with van der Waals surface area (Å²) >= 11 is 4.58. The van der Waals surface area contributed by atoms with Crippen molar-refractivity contribution < 1.29 is 9.53 Å². The molecule has 0 atom stereocenters. The number of nitrogens with one attached hydrogen (secondary N) is 1. The van der Waals surface area contributed by atoms with Gasteiger partial charge >= 0.3 is 0 Å². The largest absolute Gasteiger partial charge is 0.494 e. The molecule has 1 heterocycles. The van der Waals surface area contributed by atoms with Gasteiger partial charge in [-0.15, -0.1) is 10.2 Å². The molecule has 0 saturated heterocycles. The molecule has 0 aliphatic rings. The number of carbonyl (C=O) groups is 1. The molecule has 2 aromatic rings. The molecular weight excluding hydrogens is 338 g/mol. The lowest BCUT2D eigenvalue weighted by molar-refractivity contribution is -0.113. The fraction of sp³-hybridized carbons (Fsp3) is 0.357. The summed E-state index contributed by atoms with van der Waals surface area (Å²) in [5, 5.41) is 11.0. The second kappa shape index (κ2) is 9.02. The van der Waals surface area contributed by atoms with Gasteiger partial charge in [0.25, 0.3) is 0 Å². The number of thioether (sulfide) groups is 2. The van der Waals surface area contributed by atoms with Gasteiger partial charge < -0.3 is 10.1 Å². The van der Waals surface area contributed by atoms with Crippen LogP contribution in [0.3, 0.4) is 0 Å². The van der Waals surface area contributed by atoms with E-state index in [0.29, 0.717) is 12.4 Å². The highest BCUT2D eigenvalue weighted by Gasteiger charge is 2.08. The van der Waals surface area contributed by atoms with Crippen LogP contribution in [0, 0.1) is 0 Å². The molecule has 1 aromatic heterocycles. The summed E-state index contributed by atoms with van der Waals surface area (Å²) in [6.45, 7) is 4.64. The summed E-state index contributed by atoms with van der Waals surface area (Å²) in [5.74, 6) is 2.02. The van der Waals surface area contributed by atoms with E-state index in [9.17, 15) is 4.79 Å². The fourth-order valence-corrected chi connectivity index (χ4v) is 4.28. The van der Waals surface area contributed by atoms with Gasteiger partial charge in [-0.05, 0) is 36.9 Å². The molecule has 8 heteroatoms. The van der Waals surface area contributed by atoms with Crippen molar-refractivity contribution in [2.45, 2.75) is 22.5 Å². The van der Waals surface area contributed by atoms with E-state index in [-0.39, 0.29) is 5.91 Å². The second-order valence-electron chi connectivity index (χ2n) is 4.06. The number of anilines is 1. The summed E-state index contributed by atoms with van der Waals surface area (Å²) in [6.07, 6.45) is 0. The van der Waals surface area contributed by atoms with Crippen molar-refractivity contribution in [2.75, 3.05) is 23.4 Å². The lowest BCUT2D eigenvalue weighted by Crippen LogP contribution is -2.13. The van der Waals surface area contributed by atoms with Crippen LogP contribution < -0.4 is 10.1 Å². The monoisotopic (exact) mass is 355 g/mol. The number of benzene rings is 1. The minimum atomic E-state index is -0.0611. The van der Waals surface area contributed by atoms with Crippen LogP contribution in [0.15, 0.2) is 32.9 Å². The Morgan fingerprint density at radius 1 is 1.18 bits per heavy atom. The van der Waals surface area contributed by atoms with Gasteiger partial charge in [-0.2, -0.15) is 0 Å². The number of carbonyl (C=O) groups excluding carboxylic acids is 1. The maximum Gasteiger partial charge on any atom is 0.234 e. The third-order valence-electron chi connectivity index (χ3n) is 2.43. The van der Waals surface area contributed by atoms with Crippen LogP contribution in [0.2, 0.25) is 0 Å². The van der Waals surface area contributed by atoms with E-state index in [0.717, 1.165) is 25.9 Å². The highest BCUT2D eigenvalue weighted by molar-refractivity contribution is 8.03. The van der Waals surface area contributed by atoms with Crippen molar-refractivity contribution in [2.24, 2.45) is 0 Å². The summed E-state index contributed by atoms with van der Waals surface area (Å²) in [5.41, 5.74) is 0.758. The molecule has 0 bridgehead atoms. The number of hydrogen-bond acceptors (Lipinski definition) is 7. The number of ether oxygens (including phenoxy) is 1. The van der Waals surface area contributed by atoms with E-state index in [4.69, 9.17) is 4.74 Å². The summed E-state index contributed by atoms with van der Waals surface area (Å²) in [7, 11) is 0. The highest BCUT2D eigenvalue weighted by Crippen LogP contribution is 2.28. The Morgan fingerprint density at radius 3 is 2.50 bits per heavy atom. The third-order valence-corrected chi connectivity index (χ3v) is 5.50. The highest BCUT2D eigenvalue weighted by atomic mass is 32.2. The average Bonchev–Trinajstić information content (AvgIpc) is 2.96. The summed E-state index contributed by atoms with van der Waals surface area (Å²) in [6, 6.07) is 7.33. The zero-order chi connectivity index (χ0) is 15.8. The van der Waals surface area contributed by atoms with E-state index >= 15 is 0 Å². The minimum absolute atomic E-state index is 0.0611. The van der Waals surface area contributed by atoms with Crippen LogP contribution >= 0.6 is 34.9 Å². The molecule has 0 aliphatic heterocycles. The first-order chi connectivity index (χ1) is 10.7. The van der Waals surface area contributed by atoms with Crippen molar-refractivity contribution >= 4 is 46.5 Å². The Morgan fingerprint density at radius 2 is 1.86 bits per heavy atom. The number of hydrogen-bond donors (Lipinski definition) is 1. The van der Waals surface area contributed by atoms with E-state index < -0.39 is 0 Å². The zero-order valence-corrected chi connectivity index (χ0v) is 14.8. The van der Waals surface area contributed by atoms with Crippen LogP contribution in [0.25, 0.3) is 0 Å². The van der Waals surface area contributed by atoms with Gasteiger partial charge in [-0.25, -0.2) is 0 Å². The molecule has 0 fully saturated rings. The van der Waals surface area contributed by atoms with Crippen LogP contribution in [0.1, 0.15) is 13.8 Å². The first kappa shape index (κ1) is 17.1. The number of nitrogens with zero attached hydrogens (tertiary/aromatic N) is 2. The van der Waals surface area contributed by atoms with Crippen molar-refractivity contribution in [1.29, 1.82) is 0 Å². The van der Waals surface area contributed by atoms with Gasteiger partial charge in [-0.1, -0.05) is 41.8 Å². The van der Waals surface area contributed by atoms with E-state index in [1.165, 1.54) is 23.1 Å². The van der Waals surface area contributed by atoms with Gasteiger partial charge in [0.15, 0.2) is 8.68 Å². The van der Waals surface area contributed by atoms with Crippen LogP contribution in [0.5, 0.6) is 5.75 Å². The number of aromatic nitrogens is 2. The minimum Gasteiger partial charge on any atom is -0.494 e. The normalized spacial score (nSPS) is 10.5. The van der Waals surface area contributed by atoms with Gasteiger partial charge in [0.05, 0.1) is 12.4 Å². The maximum absolute atomic E-state index is 11.9. The van der Waals surface area contributed by atoms with Gasteiger partial charge in [-0.3, -0.25) is 4.79 Å². The topological polar surface area (TPSA) is 64.1 Å². The lowest BCUT2D eigenvalue weighted by Gasteiger charge is -2.06. The zero-order valence-electron chi connectivity index (χ0n) is 12.4. The molecule has 118 valence electrons. The molecule has 0 unspecified atom stereocenters. The first-order valence-electron chi connectivity index (χ1n) is 6.83. The van der Waals surface area contributed by atoms with E-state index in [1.807, 2.05) is 31.2 Å². The predicted molar refractivity (Wildman–Crippen MR) is 93.3 cm³/mol. The number of amides is 1. The first-order valence-corrected chi connectivity index (χ1v) is 9.61.